The van der Waals surface area contributed by atoms with Gasteiger partial charge in [-0.3, -0.25) is 0 Å². The number of anilines is 3. The van der Waals surface area contributed by atoms with Crippen LogP contribution in [0.15, 0.2) is 152 Å². The molecule has 9 aromatic carbocycles. The molecule has 10 rings (SSSR count). The summed E-state index contributed by atoms with van der Waals surface area (Å²) in [7, 11) is 0. The van der Waals surface area contributed by atoms with Gasteiger partial charge in [0.05, 0.1) is 11.0 Å². The van der Waals surface area contributed by atoms with Gasteiger partial charge in [-0.1, -0.05) is 103 Å². The molecule has 0 spiro atoms. The number of benzene rings is 9. The number of rotatable bonds is 5. The maximum atomic E-state index is 15.3. The van der Waals surface area contributed by atoms with Crippen LogP contribution in [-0.4, -0.2) is 4.57 Å². The number of para-hydroxylation sites is 3. The summed E-state index contributed by atoms with van der Waals surface area (Å²) in [6, 6.07) is 48.7. The average Bonchev–Trinajstić information content (AvgIpc) is 3.55. The molecule has 0 fully saturated rings. The van der Waals surface area contributed by atoms with Crippen LogP contribution in [0.2, 0.25) is 0 Å². The summed E-state index contributed by atoms with van der Waals surface area (Å²) < 4.78 is 75.8. The van der Waals surface area contributed by atoms with E-state index in [0.29, 0.717) is 0 Å². The first-order valence-corrected chi connectivity index (χ1v) is 17.1. The third-order valence-corrected chi connectivity index (χ3v) is 10.3. The van der Waals surface area contributed by atoms with Gasteiger partial charge < -0.3 is 9.47 Å². The topological polar surface area (TPSA) is 8.17 Å². The summed E-state index contributed by atoms with van der Waals surface area (Å²) in [6.07, 6.45) is 0. The van der Waals surface area contributed by atoms with Gasteiger partial charge in [-0.15, -0.1) is 0 Å². The first-order valence-electron chi connectivity index (χ1n) is 17.1. The van der Waals surface area contributed by atoms with E-state index in [-0.39, 0.29) is 11.4 Å². The van der Waals surface area contributed by atoms with Gasteiger partial charge in [-0.05, 0) is 86.6 Å². The molecule has 254 valence electrons. The van der Waals surface area contributed by atoms with Crippen LogP contribution in [0.5, 0.6) is 0 Å². The number of aromatic nitrogens is 1. The molecule has 0 aliphatic rings. The number of hydrogen-bond donors (Lipinski definition) is 0. The Labute approximate surface area is 299 Å². The third kappa shape index (κ3) is 4.50. The lowest BCUT2D eigenvalue weighted by molar-refractivity contribution is 0.380. The first kappa shape index (κ1) is 31.0. The molecule has 0 unspecified atom stereocenters. The van der Waals surface area contributed by atoms with Gasteiger partial charge in [0.2, 0.25) is 5.82 Å². The molecule has 1 aromatic heterocycles. The Morgan fingerprint density at radius 1 is 0.415 bits per heavy atom. The van der Waals surface area contributed by atoms with Crippen LogP contribution < -0.4 is 4.90 Å². The quantitative estimate of drug-likeness (QED) is 0.0751. The highest BCUT2D eigenvalue weighted by molar-refractivity contribution is 6.32. The summed E-state index contributed by atoms with van der Waals surface area (Å²) in [4.78, 5) is 1.04. The minimum Gasteiger partial charge on any atom is -0.309 e. The van der Waals surface area contributed by atoms with Gasteiger partial charge in [0.25, 0.3) is 0 Å². The first-order chi connectivity index (χ1) is 25.9. The van der Waals surface area contributed by atoms with Crippen LogP contribution in [0, 0.1) is 29.1 Å². The van der Waals surface area contributed by atoms with Crippen LogP contribution in [0.25, 0.3) is 70.9 Å². The zero-order chi connectivity index (χ0) is 36.0. The fraction of sp³-hybridized carbons (Fsp3) is 0. The largest absolute Gasteiger partial charge is 0.309 e. The van der Waals surface area contributed by atoms with Crippen LogP contribution in [0.3, 0.4) is 0 Å². The summed E-state index contributed by atoms with van der Waals surface area (Å²) in [5, 5.41) is 8.96. The standard InChI is InChI=1S/C46H25F5N2/c47-40-41(48)43(50)46(44(51)42(40)49)52(29-9-3-1-4-10-29)31-20-15-26(16-21-31)32-22-17-27-18-24-35-39-28(19-23-34(32)38(27)39)25-36-33-13-7-8-14-37(33)53(45(35)36)30-11-5-2-6-12-30/h1-25H. The second kappa shape index (κ2) is 11.6. The molecule has 0 aliphatic heterocycles. The van der Waals surface area contributed by atoms with Crippen molar-refractivity contribution in [2.45, 2.75) is 0 Å². The Morgan fingerprint density at radius 2 is 0.981 bits per heavy atom. The fourth-order valence-electron chi connectivity index (χ4n) is 7.99. The Balaban J connectivity index is 1.18. The molecular weight excluding hydrogens is 676 g/mol. The van der Waals surface area contributed by atoms with Crippen LogP contribution in [-0.2, 0) is 0 Å². The lowest BCUT2D eigenvalue weighted by atomic mass is 9.89. The maximum Gasteiger partial charge on any atom is 0.200 e. The van der Waals surface area contributed by atoms with Gasteiger partial charge in [0.1, 0.15) is 5.69 Å². The minimum absolute atomic E-state index is 0.219. The number of halogens is 5. The Kier molecular flexibility index (Phi) is 6.82. The molecule has 0 amide bonds. The highest BCUT2D eigenvalue weighted by Crippen LogP contribution is 2.46. The Hall–Kier alpha value is -6.73. The molecular formula is C46H25F5N2. The molecule has 10 aromatic rings. The molecule has 7 heteroatoms. The molecule has 0 atom stereocenters. The highest BCUT2D eigenvalue weighted by Gasteiger charge is 2.31. The SMILES string of the molecule is Fc1c(F)c(F)c(N(c2ccccc2)c2ccc(-c3ccc4ccc5c6c(ccc3c46)cc3c4ccccc4n(-c4ccccc4)c35)cc2)c(F)c1F. The number of fused-ring (bicyclic) bond motifs is 4. The molecule has 1 heterocycles. The van der Waals surface area contributed by atoms with E-state index in [0.717, 1.165) is 65.1 Å². The summed E-state index contributed by atoms with van der Waals surface area (Å²) in [6.45, 7) is 0. The van der Waals surface area contributed by atoms with Crippen molar-refractivity contribution in [1.29, 1.82) is 0 Å². The van der Waals surface area contributed by atoms with Gasteiger partial charge >= 0.3 is 0 Å². The molecule has 0 N–H and O–H groups in total. The molecule has 0 radical (unpaired) electrons. The van der Waals surface area contributed by atoms with Crippen LogP contribution >= 0.6 is 0 Å². The van der Waals surface area contributed by atoms with Crippen molar-refractivity contribution in [2.75, 3.05) is 4.90 Å². The van der Waals surface area contributed by atoms with E-state index in [9.17, 15) is 13.2 Å². The second-order valence-corrected chi connectivity index (χ2v) is 13.1. The van der Waals surface area contributed by atoms with Crippen molar-refractivity contribution in [3.05, 3.63) is 181 Å². The highest BCUT2D eigenvalue weighted by atomic mass is 19.2. The van der Waals surface area contributed by atoms with E-state index >= 15 is 8.78 Å². The molecule has 53 heavy (non-hydrogen) atoms. The number of hydrogen-bond acceptors (Lipinski definition) is 1. The fourth-order valence-corrected chi connectivity index (χ4v) is 7.99. The number of nitrogens with zero attached hydrogens (tertiary/aromatic N) is 2. The van der Waals surface area contributed by atoms with Crippen LogP contribution in [0.1, 0.15) is 0 Å². The van der Waals surface area contributed by atoms with E-state index in [1.807, 2.05) is 24.3 Å². The molecule has 0 saturated carbocycles. The summed E-state index contributed by atoms with van der Waals surface area (Å²) in [5.74, 6) is -10.1. The Morgan fingerprint density at radius 3 is 1.72 bits per heavy atom. The monoisotopic (exact) mass is 700 g/mol. The van der Waals surface area contributed by atoms with Gasteiger partial charge in [0, 0.05) is 33.2 Å². The van der Waals surface area contributed by atoms with Crippen molar-refractivity contribution >= 4 is 71.2 Å². The third-order valence-electron chi connectivity index (χ3n) is 10.3. The van der Waals surface area contributed by atoms with Crippen molar-refractivity contribution in [2.24, 2.45) is 0 Å². The van der Waals surface area contributed by atoms with Gasteiger partial charge in [-0.2, -0.15) is 0 Å². The summed E-state index contributed by atoms with van der Waals surface area (Å²) in [5.41, 5.74) is 4.48. The predicted octanol–water partition coefficient (Wildman–Crippen LogP) is 13.5. The zero-order valence-corrected chi connectivity index (χ0v) is 27.7. The Bertz CT molecular complexity index is 3020. The smallest absolute Gasteiger partial charge is 0.200 e. The van der Waals surface area contributed by atoms with E-state index < -0.39 is 34.8 Å². The molecule has 0 bridgehead atoms. The molecule has 2 nitrogen and oxygen atoms in total. The lowest BCUT2D eigenvalue weighted by Gasteiger charge is -2.26. The van der Waals surface area contributed by atoms with Gasteiger partial charge in [-0.25, -0.2) is 22.0 Å². The van der Waals surface area contributed by atoms with Crippen LogP contribution in [0.4, 0.5) is 39.0 Å². The van der Waals surface area contributed by atoms with Crippen molar-refractivity contribution in [1.82, 2.24) is 4.57 Å². The van der Waals surface area contributed by atoms with Crippen molar-refractivity contribution in [3.63, 3.8) is 0 Å². The van der Waals surface area contributed by atoms with E-state index in [2.05, 4.69) is 77.4 Å². The van der Waals surface area contributed by atoms with Crippen molar-refractivity contribution in [3.8, 4) is 16.8 Å². The van der Waals surface area contributed by atoms with E-state index in [1.165, 1.54) is 10.8 Å². The molecule has 0 aliphatic carbocycles. The average molecular weight is 701 g/mol. The van der Waals surface area contributed by atoms with E-state index in [1.54, 1.807) is 54.6 Å². The molecule has 0 saturated heterocycles. The maximum absolute atomic E-state index is 15.3. The second-order valence-electron chi connectivity index (χ2n) is 13.1. The normalized spacial score (nSPS) is 11.9. The minimum atomic E-state index is -2.21. The zero-order valence-electron chi connectivity index (χ0n) is 27.7. The predicted molar refractivity (Wildman–Crippen MR) is 204 cm³/mol. The van der Waals surface area contributed by atoms with Crippen molar-refractivity contribution < 1.29 is 22.0 Å². The lowest BCUT2D eigenvalue weighted by Crippen LogP contribution is -2.17. The van der Waals surface area contributed by atoms with Gasteiger partial charge in [0.15, 0.2) is 23.3 Å². The summed E-state index contributed by atoms with van der Waals surface area (Å²) >= 11 is 0. The van der Waals surface area contributed by atoms with E-state index in [4.69, 9.17) is 0 Å².